The number of aromatic nitrogens is 1. The molecule has 1 atom stereocenters. The monoisotopic (exact) mass is 644 g/mol. The molecule has 5 rings (SSSR count). The standard InChI is InChI=1S/C35H33ClN2O6S/c1-5-42-29(39)20-44-27-17-16-26(36)18-25(27)19-28-33(40)38-32(24-14-12-22(13-15-24)21(3)4)30(34(41)43-6-2)31(37-35(38)45-28)23-10-8-7-9-11-23/h7-19,21,32H,5-6,20H2,1-4H3/b28-19-/t32-/m1/s1. The van der Waals surface area contributed by atoms with Crippen LogP contribution >= 0.6 is 22.9 Å². The van der Waals surface area contributed by atoms with Crippen molar-refractivity contribution in [3.05, 3.63) is 125 Å². The van der Waals surface area contributed by atoms with E-state index in [1.807, 2.05) is 54.6 Å². The molecule has 0 bridgehead atoms. The zero-order chi connectivity index (χ0) is 32.1. The summed E-state index contributed by atoms with van der Waals surface area (Å²) in [6.07, 6.45) is 1.66. The number of hydrogen-bond donors (Lipinski definition) is 0. The Kier molecular flexibility index (Phi) is 10.0. The zero-order valence-corrected chi connectivity index (χ0v) is 27.0. The minimum absolute atomic E-state index is 0.164. The summed E-state index contributed by atoms with van der Waals surface area (Å²) in [4.78, 5) is 45.2. The highest BCUT2D eigenvalue weighted by Gasteiger charge is 2.35. The minimum atomic E-state index is -0.794. The second-order valence-electron chi connectivity index (χ2n) is 10.5. The number of nitrogens with zero attached hydrogens (tertiary/aromatic N) is 2. The quantitative estimate of drug-likeness (QED) is 0.207. The predicted molar refractivity (Wildman–Crippen MR) is 175 cm³/mol. The first-order valence-electron chi connectivity index (χ1n) is 14.7. The van der Waals surface area contributed by atoms with Gasteiger partial charge in [0.05, 0.1) is 35.1 Å². The lowest BCUT2D eigenvalue weighted by Gasteiger charge is -2.26. The summed E-state index contributed by atoms with van der Waals surface area (Å²) in [6.45, 7) is 7.77. The minimum Gasteiger partial charge on any atom is -0.481 e. The van der Waals surface area contributed by atoms with Crippen LogP contribution in [0.5, 0.6) is 5.75 Å². The Balaban J connectivity index is 1.74. The normalized spacial score (nSPS) is 14.6. The van der Waals surface area contributed by atoms with Crippen LogP contribution in [0.15, 0.2) is 88.2 Å². The number of hydrogen-bond acceptors (Lipinski definition) is 8. The number of rotatable bonds is 10. The third kappa shape index (κ3) is 6.95. The highest BCUT2D eigenvalue weighted by atomic mass is 35.5. The molecule has 45 heavy (non-hydrogen) atoms. The van der Waals surface area contributed by atoms with Gasteiger partial charge in [0.15, 0.2) is 11.4 Å². The fraction of sp³-hybridized carbons (Fsp3) is 0.257. The van der Waals surface area contributed by atoms with Crippen molar-refractivity contribution in [3.8, 4) is 5.75 Å². The van der Waals surface area contributed by atoms with Gasteiger partial charge in [-0.15, -0.1) is 0 Å². The first-order chi connectivity index (χ1) is 21.7. The van der Waals surface area contributed by atoms with Crippen LogP contribution in [0, 0.1) is 0 Å². The van der Waals surface area contributed by atoms with Crippen molar-refractivity contribution in [1.82, 2.24) is 4.57 Å². The number of esters is 2. The Morgan fingerprint density at radius 1 is 1.00 bits per heavy atom. The van der Waals surface area contributed by atoms with Gasteiger partial charge in [0.25, 0.3) is 5.56 Å². The second-order valence-corrected chi connectivity index (χ2v) is 12.0. The molecule has 232 valence electrons. The van der Waals surface area contributed by atoms with Gasteiger partial charge in [0.2, 0.25) is 0 Å². The molecule has 0 radical (unpaired) electrons. The van der Waals surface area contributed by atoms with Crippen LogP contribution in [0.2, 0.25) is 5.02 Å². The molecule has 0 N–H and O–H groups in total. The van der Waals surface area contributed by atoms with Crippen molar-refractivity contribution in [3.63, 3.8) is 0 Å². The number of ether oxygens (including phenoxy) is 3. The Morgan fingerprint density at radius 2 is 1.71 bits per heavy atom. The fourth-order valence-corrected chi connectivity index (χ4v) is 6.24. The van der Waals surface area contributed by atoms with Crippen molar-refractivity contribution in [1.29, 1.82) is 0 Å². The third-order valence-corrected chi connectivity index (χ3v) is 8.42. The second kappa shape index (κ2) is 14.1. The first-order valence-corrected chi connectivity index (χ1v) is 15.9. The number of benzene rings is 3. The summed E-state index contributed by atoms with van der Waals surface area (Å²) < 4.78 is 18.2. The summed E-state index contributed by atoms with van der Waals surface area (Å²) in [5, 5.41) is 0.427. The van der Waals surface area contributed by atoms with Crippen LogP contribution in [-0.4, -0.2) is 36.3 Å². The van der Waals surface area contributed by atoms with Crippen molar-refractivity contribution in [2.24, 2.45) is 4.99 Å². The summed E-state index contributed by atoms with van der Waals surface area (Å²) >= 11 is 7.51. The van der Waals surface area contributed by atoms with Crippen LogP contribution < -0.4 is 19.6 Å². The average Bonchev–Trinajstić information content (AvgIpc) is 3.34. The van der Waals surface area contributed by atoms with Gasteiger partial charge in [-0.2, -0.15) is 0 Å². The number of carbonyl (C=O) groups is 2. The molecule has 3 aromatic carbocycles. The maximum atomic E-state index is 14.3. The molecule has 2 heterocycles. The zero-order valence-electron chi connectivity index (χ0n) is 25.4. The molecule has 0 fully saturated rings. The van der Waals surface area contributed by atoms with Crippen molar-refractivity contribution in [2.75, 3.05) is 19.8 Å². The van der Waals surface area contributed by atoms with E-state index in [9.17, 15) is 14.4 Å². The Hall–Kier alpha value is -4.47. The lowest BCUT2D eigenvalue weighted by Crippen LogP contribution is -2.40. The van der Waals surface area contributed by atoms with E-state index >= 15 is 0 Å². The molecule has 1 aromatic heterocycles. The number of thiazole rings is 1. The van der Waals surface area contributed by atoms with Crippen LogP contribution in [0.3, 0.4) is 0 Å². The van der Waals surface area contributed by atoms with E-state index in [1.54, 1.807) is 42.7 Å². The smallest absolute Gasteiger partial charge is 0.344 e. The van der Waals surface area contributed by atoms with Crippen molar-refractivity contribution >= 4 is 46.6 Å². The van der Waals surface area contributed by atoms with Gasteiger partial charge in [0.1, 0.15) is 5.75 Å². The van der Waals surface area contributed by atoms with E-state index in [0.717, 1.165) is 16.7 Å². The van der Waals surface area contributed by atoms with Crippen LogP contribution in [0.1, 0.15) is 61.9 Å². The molecule has 8 nitrogen and oxygen atoms in total. The number of halogens is 1. The van der Waals surface area contributed by atoms with Crippen LogP contribution in [0.25, 0.3) is 11.8 Å². The third-order valence-electron chi connectivity index (χ3n) is 7.20. The van der Waals surface area contributed by atoms with Gasteiger partial charge in [-0.1, -0.05) is 91.4 Å². The highest BCUT2D eigenvalue weighted by molar-refractivity contribution is 7.07. The Bertz CT molecular complexity index is 1930. The van der Waals surface area contributed by atoms with Gasteiger partial charge >= 0.3 is 11.9 Å². The van der Waals surface area contributed by atoms with E-state index < -0.39 is 18.0 Å². The average molecular weight is 645 g/mol. The number of carbonyl (C=O) groups excluding carboxylic acids is 2. The topological polar surface area (TPSA) is 96.2 Å². The maximum absolute atomic E-state index is 14.3. The summed E-state index contributed by atoms with van der Waals surface area (Å²) in [7, 11) is 0. The van der Waals surface area contributed by atoms with Gasteiger partial charge in [0, 0.05) is 16.1 Å². The molecule has 4 aromatic rings. The molecule has 10 heteroatoms. The Labute approximate surface area is 269 Å². The van der Waals surface area contributed by atoms with Crippen LogP contribution in [-0.2, 0) is 19.1 Å². The van der Waals surface area contributed by atoms with E-state index in [4.69, 9.17) is 30.8 Å². The molecule has 0 amide bonds. The summed E-state index contributed by atoms with van der Waals surface area (Å²) in [5.74, 6) is -0.395. The first kappa shape index (κ1) is 31.9. The lowest BCUT2D eigenvalue weighted by atomic mass is 9.91. The van der Waals surface area contributed by atoms with Gasteiger partial charge in [-0.3, -0.25) is 9.36 Å². The van der Waals surface area contributed by atoms with Gasteiger partial charge < -0.3 is 14.2 Å². The fourth-order valence-electron chi connectivity index (χ4n) is 5.06. The predicted octanol–water partition coefficient (Wildman–Crippen LogP) is 5.65. The van der Waals surface area contributed by atoms with E-state index in [0.29, 0.717) is 37.3 Å². The molecule has 0 saturated heterocycles. The summed E-state index contributed by atoms with van der Waals surface area (Å²) in [5.41, 5.74) is 3.49. The van der Waals surface area contributed by atoms with Gasteiger partial charge in [-0.25, -0.2) is 14.6 Å². The molecule has 0 unspecified atom stereocenters. The molecule has 1 aliphatic rings. The summed E-state index contributed by atoms with van der Waals surface area (Å²) in [6, 6.07) is 21.5. The molecular formula is C35H33ClN2O6S. The number of fused-ring (bicyclic) bond motifs is 1. The van der Waals surface area contributed by atoms with Crippen molar-refractivity contribution in [2.45, 2.75) is 39.7 Å². The van der Waals surface area contributed by atoms with E-state index in [-0.39, 0.29) is 31.0 Å². The molecule has 0 aliphatic carbocycles. The highest BCUT2D eigenvalue weighted by Crippen LogP contribution is 2.35. The lowest BCUT2D eigenvalue weighted by molar-refractivity contribution is -0.145. The van der Waals surface area contributed by atoms with Gasteiger partial charge in [-0.05, 0) is 55.2 Å². The molecule has 1 aliphatic heterocycles. The SMILES string of the molecule is CCOC(=O)COc1ccc(Cl)cc1/C=c1\sc2n(c1=O)[C@H](c1ccc(C(C)C)cc1)C(C(=O)OCC)=C(c1ccccc1)N=2. The molecule has 0 saturated carbocycles. The Morgan fingerprint density at radius 3 is 2.38 bits per heavy atom. The maximum Gasteiger partial charge on any atom is 0.344 e. The van der Waals surface area contributed by atoms with E-state index in [1.165, 1.54) is 11.3 Å². The van der Waals surface area contributed by atoms with Crippen molar-refractivity contribution < 1.29 is 23.8 Å². The molecular weight excluding hydrogens is 612 g/mol. The van der Waals surface area contributed by atoms with E-state index in [2.05, 4.69) is 13.8 Å². The van der Waals surface area contributed by atoms with Crippen LogP contribution in [0.4, 0.5) is 0 Å². The molecule has 0 spiro atoms. The largest absolute Gasteiger partial charge is 0.481 e.